The Hall–Kier alpha value is -0.650. The number of carbonyl (C=O) groups is 1. The van der Waals surface area contributed by atoms with Gasteiger partial charge in [0.2, 0.25) is 5.91 Å². The van der Waals surface area contributed by atoms with Gasteiger partial charge in [-0.1, -0.05) is 20.8 Å². The van der Waals surface area contributed by atoms with E-state index in [9.17, 15) is 4.79 Å². The number of carbonyl (C=O) groups excluding carboxylic acids is 1. The van der Waals surface area contributed by atoms with Crippen LogP contribution in [0.25, 0.3) is 0 Å². The van der Waals surface area contributed by atoms with Gasteiger partial charge in [0.05, 0.1) is 6.73 Å². The smallest absolute Gasteiger partial charge is 0.227 e. The Balaban J connectivity index is 2.36. The number of amides is 1. The lowest BCUT2D eigenvalue weighted by molar-refractivity contribution is -0.141. The summed E-state index contributed by atoms with van der Waals surface area (Å²) in [5.74, 6) is 0.263. The molecule has 0 saturated carbocycles. The van der Waals surface area contributed by atoms with Crippen molar-refractivity contribution >= 4 is 5.91 Å². The summed E-state index contributed by atoms with van der Waals surface area (Å²) in [6, 6.07) is 0.547. The van der Waals surface area contributed by atoms with Gasteiger partial charge in [0.1, 0.15) is 0 Å². The van der Waals surface area contributed by atoms with Crippen molar-refractivity contribution in [1.29, 1.82) is 0 Å². The van der Waals surface area contributed by atoms with Crippen molar-refractivity contribution in [2.75, 3.05) is 47.0 Å². The number of likely N-dealkylation sites (tertiary alicyclic amines) is 1. The van der Waals surface area contributed by atoms with Crippen molar-refractivity contribution in [3.8, 4) is 0 Å². The van der Waals surface area contributed by atoms with Gasteiger partial charge in [0, 0.05) is 37.6 Å². The first kappa shape index (κ1) is 17.4. The van der Waals surface area contributed by atoms with Crippen molar-refractivity contribution in [3.05, 3.63) is 0 Å². The Morgan fingerprint density at radius 1 is 1.20 bits per heavy atom. The van der Waals surface area contributed by atoms with Gasteiger partial charge in [0.25, 0.3) is 0 Å². The molecule has 0 aromatic carbocycles. The fourth-order valence-electron chi connectivity index (χ4n) is 2.57. The van der Waals surface area contributed by atoms with Crippen LogP contribution in [-0.2, 0) is 4.79 Å². The molecular weight excluding hydrogens is 254 g/mol. The Morgan fingerprint density at radius 2 is 1.75 bits per heavy atom. The van der Waals surface area contributed by atoms with Gasteiger partial charge in [-0.3, -0.25) is 9.69 Å². The third-order valence-electron chi connectivity index (χ3n) is 4.09. The molecule has 1 N–H and O–H groups in total. The van der Waals surface area contributed by atoms with Crippen molar-refractivity contribution in [3.63, 3.8) is 0 Å². The second-order valence-electron chi connectivity index (χ2n) is 6.98. The third-order valence-corrected chi connectivity index (χ3v) is 4.09. The van der Waals surface area contributed by atoms with Crippen LogP contribution < -0.4 is 0 Å². The lowest BCUT2D eigenvalue weighted by atomic mass is 9.93. The Bertz CT molecular complexity index is 307. The summed E-state index contributed by atoms with van der Waals surface area (Å²) in [6.07, 6.45) is 2.09. The number of hydrogen-bond acceptors (Lipinski definition) is 4. The number of piperidine rings is 1. The number of nitrogens with zero attached hydrogens (tertiary/aromatic N) is 3. The molecule has 0 aliphatic carbocycles. The normalized spacial score (nSPS) is 18.1. The number of rotatable bonds is 5. The molecule has 1 aliphatic heterocycles. The molecule has 5 nitrogen and oxygen atoms in total. The van der Waals surface area contributed by atoms with Crippen molar-refractivity contribution in [2.45, 2.75) is 39.7 Å². The summed E-state index contributed by atoms with van der Waals surface area (Å²) < 4.78 is 0. The van der Waals surface area contributed by atoms with Crippen LogP contribution >= 0.6 is 0 Å². The summed E-state index contributed by atoms with van der Waals surface area (Å²) in [4.78, 5) is 18.5. The van der Waals surface area contributed by atoms with E-state index >= 15 is 0 Å². The van der Waals surface area contributed by atoms with E-state index in [1.54, 1.807) is 0 Å². The average molecular weight is 285 g/mol. The van der Waals surface area contributed by atoms with E-state index < -0.39 is 0 Å². The molecular formula is C15H31N3O2. The zero-order chi connectivity index (χ0) is 15.3. The molecule has 5 heteroatoms. The van der Waals surface area contributed by atoms with E-state index in [4.69, 9.17) is 5.11 Å². The van der Waals surface area contributed by atoms with E-state index in [0.29, 0.717) is 6.04 Å². The highest BCUT2D eigenvalue weighted by molar-refractivity contribution is 5.81. The first-order valence-electron chi connectivity index (χ1n) is 7.54. The number of aliphatic hydroxyl groups is 1. The summed E-state index contributed by atoms with van der Waals surface area (Å²) in [6.45, 7) is 9.60. The van der Waals surface area contributed by atoms with Crippen LogP contribution in [0.1, 0.15) is 33.6 Å². The molecule has 1 fully saturated rings. The second-order valence-corrected chi connectivity index (χ2v) is 6.98. The number of aliphatic hydroxyl groups excluding tert-OH is 1. The highest BCUT2D eigenvalue weighted by atomic mass is 16.3. The molecule has 118 valence electrons. The fraction of sp³-hybridized carbons (Fsp3) is 0.933. The van der Waals surface area contributed by atoms with Gasteiger partial charge in [0.15, 0.2) is 0 Å². The number of hydrogen-bond donors (Lipinski definition) is 1. The molecule has 0 atom stereocenters. The minimum Gasteiger partial charge on any atom is -0.381 e. The standard InChI is InChI=1S/C15H31N3O2/c1-15(2,3)14(20)18-8-6-13(7-9-18)17(5)11-10-16(4)12-19/h13,19H,6-12H2,1-5H3. The van der Waals surface area contributed by atoms with Gasteiger partial charge >= 0.3 is 0 Å². The summed E-state index contributed by atoms with van der Waals surface area (Å²) in [5, 5.41) is 8.99. The van der Waals surface area contributed by atoms with Crippen molar-refractivity contribution < 1.29 is 9.90 Å². The zero-order valence-electron chi connectivity index (χ0n) is 13.7. The molecule has 0 aromatic heterocycles. The van der Waals surface area contributed by atoms with E-state index in [2.05, 4.69) is 11.9 Å². The maximum Gasteiger partial charge on any atom is 0.227 e. The molecule has 1 heterocycles. The van der Waals surface area contributed by atoms with Crippen molar-refractivity contribution in [2.24, 2.45) is 5.41 Å². The second kappa shape index (κ2) is 7.38. The van der Waals surface area contributed by atoms with Crippen LogP contribution in [0.3, 0.4) is 0 Å². The van der Waals surface area contributed by atoms with Gasteiger partial charge < -0.3 is 14.9 Å². The Labute approximate surface area is 123 Å². The third kappa shape index (κ3) is 5.04. The van der Waals surface area contributed by atoms with Gasteiger partial charge in [-0.2, -0.15) is 0 Å². The monoisotopic (exact) mass is 285 g/mol. The van der Waals surface area contributed by atoms with Crippen LogP contribution in [0.4, 0.5) is 0 Å². The summed E-state index contributed by atoms with van der Waals surface area (Å²) in [7, 11) is 4.05. The maximum atomic E-state index is 12.2. The Morgan fingerprint density at radius 3 is 2.20 bits per heavy atom. The van der Waals surface area contributed by atoms with Crippen LogP contribution in [0, 0.1) is 5.41 Å². The quantitative estimate of drug-likeness (QED) is 0.760. The lowest BCUT2D eigenvalue weighted by Gasteiger charge is -2.39. The summed E-state index contributed by atoms with van der Waals surface area (Å²) >= 11 is 0. The van der Waals surface area contributed by atoms with Gasteiger partial charge in [-0.25, -0.2) is 0 Å². The molecule has 1 saturated heterocycles. The first-order valence-corrected chi connectivity index (χ1v) is 7.54. The lowest BCUT2D eigenvalue weighted by Crippen LogP contribution is -2.49. The van der Waals surface area contributed by atoms with Crippen LogP contribution in [0.15, 0.2) is 0 Å². The molecule has 0 bridgehead atoms. The van der Waals surface area contributed by atoms with E-state index in [0.717, 1.165) is 39.0 Å². The maximum absolute atomic E-state index is 12.2. The van der Waals surface area contributed by atoms with Gasteiger partial charge in [-0.15, -0.1) is 0 Å². The van der Waals surface area contributed by atoms with E-state index in [1.165, 1.54) is 0 Å². The highest BCUT2D eigenvalue weighted by Crippen LogP contribution is 2.22. The highest BCUT2D eigenvalue weighted by Gasteiger charge is 2.31. The topological polar surface area (TPSA) is 47.0 Å². The minimum absolute atomic E-state index is 0.104. The van der Waals surface area contributed by atoms with E-state index in [-0.39, 0.29) is 18.1 Å². The molecule has 0 aromatic rings. The minimum atomic E-state index is -0.275. The van der Waals surface area contributed by atoms with Crippen LogP contribution in [0.2, 0.25) is 0 Å². The average Bonchev–Trinajstić information content (AvgIpc) is 2.42. The molecule has 1 amide bonds. The van der Waals surface area contributed by atoms with Crippen molar-refractivity contribution in [1.82, 2.24) is 14.7 Å². The van der Waals surface area contributed by atoms with E-state index in [1.807, 2.05) is 37.6 Å². The molecule has 1 aliphatic rings. The molecule has 0 unspecified atom stereocenters. The predicted molar refractivity (Wildman–Crippen MR) is 81.4 cm³/mol. The summed E-state index contributed by atoms with van der Waals surface area (Å²) in [5.41, 5.74) is -0.275. The van der Waals surface area contributed by atoms with Crippen LogP contribution in [0.5, 0.6) is 0 Å². The fourth-order valence-corrected chi connectivity index (χ4v) is 2.57. The van der Waals surface area contributed by atoms with Crippen LogP contribution in [-0.4, -0.2) is 78.8 Å². The molecule has 20 heavy (non-hydrogen) atoms. The predicted octanol–water partition coefficient (Wildman–Crippen LogP) is 0.837. The molecule has 0 radical (unpaired) electrons. The molecule has 0 spiro atoms. The zero-order valence-corrected chi connectivity index (χ0v) is 13.7. The number of likely N-dealkylation sites (N-methyl/N-ethyl adjacent to an activating group) is 2. The first-order chi connectivity index (χ1) is 9.25. The largest absolute Gasteiger partial charge is 0.381 e. The SMILES string of the molecule is CN(CO)CCN(C)C1CCN(C(=O)C(C)(C)C)CC1. The molecule has 1 rings (SSSR count). The van der Waals surface area contributed by atoms with Gasteiger partial charge in [-0.05, 0) is 26.9 Å². The Kier molecular flexibility index (Phi) is 6.43.